The Hall–Kier alpha value is -2.96. The number of imide groups is 2. The molecule has 2 rings (SSSR count). The van der Waals surface area contributed by atoms with Gasteiger partial charge in [-0.25, -0.2) is 9.69 Å². The van der Waals surface area contributed by atoms with Crippen molar-refractivity contribution < 1.29 is 19.2 Å². The molecular formula is C17H19N3O4. The van der Waals surface area contributed by atoms with Gasteiger partial charge in [0, 0.05) is 20.1 Å². The third-order valence-corrected chi connectivity index (χ3v) is 3.83. The fourth-order valence-corrected chi connectivity index (χ4v) is 2.37. The van der Waals surface area contributed by atoms with Crippen molar-refractivity contribution >= 4 is 23.8 Å². The minimum Gasteiger partial charge on any atom is -0.340 e. The Balaban J connectivity index is 2.05. The van der Waals surface area contributed by atoms with Gasteiger partial charge in [0.25, 0.3) is 0 Å². The van der Waals surface area contributed by atoms with Gasteiger partial charge in [0.15, 0.2) is 0 Å². The second-order valence-electron chi connectivity index (χ2n) is 5.55. The highest BCUT2D eigenvalue weighted by molar-refractivity contribution is 6.45. The van der Waals surface area contributed by atoms with Crippen LogP contribution < -0.4 is 0 Å². The number of hydrogen-bond acceptors (Lipinski definition) is 4. The van der Waals surface area contributed by atoms with Gasteiger partial charge in [0.05, 0.1) is 0 Å². The first-order valence-electron chi connectivity index (χ1n) is 7.43. The standard InChI is InChI=1S/C17H19N3O4/c1-4-9-19-15(22)16(23)20(17(19)24)11-14(21)18(3)10-13-8-6-5-7-12(13)2/h4-8H,1,9-11H2,2-3H3. The smallest absolute Gasteiger partial charge is 0.335 e. The van der Waals surface area contributed by atoms with Gasteiger partial charge >= 0.3 is 17.8 Å². The first-order chi connectivity index (χ1) is 11.4. The van der Waals surface area contributed by atoms with Crippen LogP contribution in [0.15, 0.2) is 36.9 Å². The third-order valence-electron chi connectivity index (χ3n) is 3.83. The van der Waals surface area contributed by atoms with Crippen molar-refractivity contribution in [2.24, 2.45) is 0 Å². The number of benzene rings is 1. The van der Waals surface area contributed by atoms with Gasteiger partial charge in [-0.3, -0.25) is 19.3 Å². The normalized spacial score (nSPS) is 14.3. The van der Waals surface area contributed by atoms with E-state index in [1.807, 2.05) is 31.2 Å². The Kier molecular flexibility index (Phi) is 5.13. The molecule has 126 valence electrons. The van der Waals surface area contributed by atoms with Crippen molar-refractivity contribution in [1.29, 1.82) is 0 Å². The fourth-order valence-electron chi connectivity index (χ4n) is 2.37. The van der Waals surface area contributed by atoms with Gasteiger partial charge in [-0.15, -0.1) is 6.58 Å². The maximum absolute atomic E-state index is 12.3. The number of carbonyl (C=O) groups is 4. The fraction of sp³-hybridized carbons (Fsp3) is 0.294. The molecule has 0 unspecified atom stereocenters. The molecular weight excluding hydrogens is 310 g/mol. The zero-order valence-corrected chi connectivity index (χ0v) is 13.7. The Bertz CT molecular complexity index is 714. The lowest BCUT2D eigenvalue weighted by molar-refractivity contribution is -0.144. The van der Waals surface area contributed by atoms with Crippen LogP contribution in [0.25, 0.3) is 0 Å². The van der Waals surface area contributed by atoms with Gasteiger partial charge in [-0.2, -0.15) is 0 Å². The predicted octanol–water partition coefficient (Wildman–Crippen LogP) is 0.930. The van der Waals surface area contributed by atoms with Crippen LogP contribution >= 0.6 is 0 Å². The van der Waals surface area contributed by atoms with E-state index < -0.39 is 30.3 Å². The molecule has 1 aliphatic heterocycles. The monoisotopic (exact) mass is 329 g/mol. The Morgan fingerprint density at radius 2 is 1.79 bits per heavy atom. The zero-order chi connectivity index (χ0) is 17.9. The van der Waals surface area contributed by atoms with Crippen LogP contribution in [-0.4, -0.2) is 58.6 Å². The summed E-state index contributed by atoms with van der Waals surface area (Å²) in [7, 11) is 1.59. The van der Waals surface area contributed by atoms with E-state index in [-0.39, 0.29) is 6.54 Å². The van der Waals surface area contributed by atoms with E-state index in [2.05, 4.69) is 6.58 Å². The van der Waals surface area contributed by atoms with Crippen LogP contribution in [0, 0.1) is 6.92 Å². The minimum absolute atomic E-state index is 0.0624. The largest absolute Gasteiger partial charge is 0.340 e. The molecule has 1 aliphatic rings. The summed E-state index contributed by atoms with van der Waals surface area (Å²) >= 11 is 0. The van der Waals surface area contributed by atoms with Crippen LogP contribution in [-0.2, 0) is 20.9 Å². The van der Waals surface area contributed by atoms with Gasteiger partial charge in [0.2, 0.25) is 5.91 Å². The van der Waals surface area contributed by atoms with Crippen molar-refractivity contribution in [3.8, 4) is 0 Å². The van der Waals surface area contributed by atoms with E-state index in [9.17, 15) is 19.2 Å². The number of urea groups is 1. The average Bonchev–Trinajstić information content (AvgIpc) is 2.75. The molecule has 0 aromatic heterocycles. The summed E-state index contributed by atoms with van der Waals surface area (Å²) in [4.78, 5) is 50.9. The van der Waals surface area contributed by atoms with Crippen molar-refractivity contribution in [2.45, 2.75) is 13.5 Å². The van der Waals surface area contributed by atoms with Gasteiger partial charge in [-0.1, -0.05) is 30.3 Å². The molecule has 0 N–H and O–H groups in total. The quantitative estimate of drug-likeness (QED) is 0.442. The summed E-state index contributed by atoms with van der Waals surface area (Å²) in [5.41, 5.74) is 2.01. The molecule has 7 heteroatoms. The van der Waals surface area contributed by atoms with E-state index in [4.69, 9.17) is 0 Å². The van der Waals surface area contributed by atoms with E-state index in [0.717, 1.165) is 16.0 Å². The van der Waals surface area contributed by atoms with E-state index in [0.29, 0.717) is 11.4 Å². The Morgan fingerprint density at radius 3 is 2.42 bits per heavy atom. The summed E-state index contributed by atoms with van der Waals surface area (Å²) in [6.45, 7) is 5.21. The molecule has 0 bridgehead atoms. The Morgan fingerprint density at radius 1 is 1.17 bits per heavy atom. The van der Waals surface area contributed by atoms with Crippen molar-refractivity contribution in [3.05, 3.63) is 48.0 Å². The number of amides is 5. The summed E-state index contributed by atoms with van der Waals surface area (Å²) in [5.74, 6) is -2.35. The summed E-state index contributed by atoms with van der Waals surface area (Å²) < 4.78 is 0. The van der Waals surface area contributed by atoms with Crippen LogP contribution in [0.5, 0.6) is 0 Å². The highest BCUT2D eigenvalue weighted by Crippen LogP contribution is 2.13. The SMILES string of the molecule is C=CCN1C(=O)C(=O)N(CC(=O)N(C)Cc2ccccc2C)C1=O. The molecule has 1 aromatic rings. The predicted molar refractivity (Wildman–Crippen MR) is 86.7 cm³/mol. The van der Waals surface area contributed by atoms with E-state index in [1.54, 1.807) is 7.05 Å². The molecule has 1 aromatic carbocycles. The second kappa shape index (κ2) is 7.08. The lowest BCUT2D eigenvalue weighted by atomic mass is 10.1. The molecule has 0 radical (unpaired) electrons. The van der Waals surface area contributed by atoms with E-state index >= 15 is 0 Å². The molecule has 5 amide bonds. The van der Waals surface area contributed by atoms with Crippen molar-refractivity contribution in [2.75, 3.05) is 20.1 Å². The van der Waals surface area contributed by atoms with Crippen molar-refractivity contribution in [3.63, 3.8) is 0 Å². The number of likely N-dealkylation sites (N-methyl/N-ethyl adjacent to an activating group) is 1. The minimum atomic E-state index is -0.987. The van der Waals surface area contributed by atoms with Crippen LogP contribution in [0.2, 0.25) is 0 Å². The van der Waals surface area contributed by atoms with Gasteiger partial charge in [-0.05, 0) is 18.1 Å². The maximum atomic E-state index is 12.3. The number of aryl methyl sites for hydroxylation is 1. The molecule has 7 nitrogen and oxygen atoms in total. The number of hydrogen-bond donors (Lipinski definition) is 0. The molecule has 0 saturated carbocycles. The highest BCUT2D eigenvalue weighted by atomic mass is 16.2. The van der Waals surface area contributed by atoms with E-state index in [1.165, 1.54) is 11.0 Å². The lowest BCUT2D eigenvalue weighted by Gasteiger charge is -2.21. The lowest BCUT2D eigenvalue weighted by Crippen LogP contribution is -2.42. The van der Waals surface area contributed by atoms with Gasteiger partial charge < -0.3 is 4.90 Å². The average molecular weight is 329 g/mol. The molecule has 0 atom stereocenters. The topological polar surface area (TPSA) is 78.0 Å². The van der Waals surface area contributed by atoms with Crippen LogP contribution in [0.1, 0.15) is 11.1 Å². The molecule has 0 spiro atoms. The molecule has 1 fully saturated rings. The zero-order valence-electron chi connectivity index (χ0n) is 13.7. The molecule has 24 heavy (non-hydrogen) atoms. The third kappa shape index (κ3) is 3.34. The number of rotatable bonds is 6. The molecule has 0 aliphatic carbocycles. The first-order valence-corrected chi connectivity index (χ1v) is 7.43. The highest BCUT2D eigenvalue weighted by Gasteiger charge is 2.44. The Labute approximate surface area is 140 Å². The van der Waals surface area contributed by atoms with Crippen LogP contribution in [0.3, 0.4) is 0 Å². The summed E-state index contributed by atoms with van der Waals surface area (Å²) in [5, 5.41) is 0. The number of carbonyl (C=O) groups excluding carboxylic acids is 4. The first kappa shape index (κ1) is 17.4. The number of nitrogens with zero attached hydrogens (tertiary/aromatic N) is 3. The van der Waals surface area contributed by atoms with Gasteiger partial charge in [0.1, 0.15) is 6.54 Å². The van der Waals surface area contributed by atoms with Crippen LogP contribution in [0.4, 0.5) is 4.79 Å². The van der Waals surface area contributed by atoms with Crippen molar-refractivity contribution in [1.82, 2.24) is 14.7 Å². The summed E-state index contributed by atoms with van der Waals surface area (Å²) in [6.07, 6.45) is 1.35. The molecule has 1 saturated heterocycles. The summed E-state index contributed by atoms with van der Waals surface area (Å²) in [6, 6.07) is 6.83. The second-order valence-corrected chi connectivity index (χ2v) is 5.55. The molecule has 1 heterocycles. The maximum Gasteiger partial charge on any atom is 0.335 e.